The zero-order chi connectivity index (χ0) is 20.1. The lowest BCUT2D eigenvalue weighted by Crippen LogP contribution is -2.17. The summed E-state index contributed by atoms with van der Waals surface area (Å²) in [5.74, 6) is 3.63. The average molecular weight is 398 g/mol. The first-order chi connectivity index (χ1) is 14.2. The predicted octanol–water partition coefficient (Wildman–Crippen LogP) is 2.58. The molecular weight excluding hydrogens is 372 g/mol. The number of aromatic nitrogens is 5. The smallest absolute Gasteiger partial charge is 0.228 e. The van der Waals surface area contributed by atoms with Gasteiger partial charge in [0.05, 0.1) is 17.9 Å². The van der Waals surface area contributed by atoms with Gasteiger partial charge in [-0.15, -0.1) is 0 Å². The molecule has 1 aliphatic carbocycles. The van der Waals surface area contributed by atoms with Crippen molar-refractivity contribution >= 4 is 17.6 Å². The fraction of sp³-hybridized carbons (Fsp3) is 0.474. The van der Waals surface area contributed by atoms with Crippen molar-refractivity contribution < 1.29 is 9.26 Å². The Labute approximate surface area is 168 Å². The second-order valence-corrected chi connectivity index (χ2v) is 6.96. The lowest BCUT2D eigenvalue weighted by molar-refractivity contribution is 0.306. The second kappa shape index (κ2) is 8.91. The van der Waals surface area contributed by atoms with Crippen molar-refractivity contribution in [3.63, 3.8) is 0 Å². The predicted molar refractivity (Wildman–Crippen MR) is 109 cm³/mol. The van der Waals surface area contributed by atoms with E-state index in [1.165, 1.54) is 12.8 Å². The third-order valence-corrected chi connectivity index (χ3v) is 4.55. The number of nitrogens with one attached hydrogen (secondary N) is 4. The van der Waals surface area contributed by atoms with Gasteiger partial charge in [0, 0.05) is 30.7 Å². The highest BCUT2D eigenvalue weighted by Crippen LogP contribution is 2.39. The number of rotatable bonds is 11. The molecule has 0 atom stereocenters. The largest absolute Gasteiger partial charge is 0.476 e. The molecule has 10 nitrogen and oxygen atoms in total. The molecule has 154 valence electrons. The van der Waals surface area contributed by atoms with Gasteiger partial charge in [0.2, 0.25) is 11.8 Å². The van der Waals surface area contributed by atoms with Gasteiger partial charge < -0.3 is 25.2 Å². The highest BCUT2D eigenvalue weighted by atomic mass is 16.5. The number of hydrogen-bond acceptors (Lipinski definition) is 9. The van der Waals surface area contributed by atoms with Gasteiger partial charge >= 0.3 is 0 Å². The maximum absolute atomic E-state index is 5.74. The Balaban J connectivity index is 1.47. The molecule has 0 spiro atoms. The van der Waals surface area contributed by atoms with Crippen LogP contribution in [0.25, 0.3) is 0 Å². The Morgan fingerprint density at radius 1 is 1.24 bits per heavy atom. The SMILES string of the molecule is CCc1cc(CNc2nc(Nc3cc(C4CC4)n[nH]3)cc(OCCNC)n2)on1. The maximum atomic E-state index is 5.74. The van der Waals surface area contributed by atoms with E-state index in [1.54, 1.807) is 6.07 Å². The third kappa shape index (κ3) is 5.23. The van der Waals surface area contributed by atoms with E-state index in [-0.39, 0.29) is 0 Å². The van der Waals surface area contributed by atoms with Crippen LogP contribution in [-0.4, -0.2) is 45.5 Å². The van der Waals surface area contributed by atoms with Crippen molar-refractivity contribution in [1.29, 1.82) is 0 Å². The van der Waals surface area contributed by atoms with Crippen LogP contribution in [0.3, 0.4) is 0 Å². The van der Waals surface area contributed by atoms with Crippen molar-refractivity contribution in [2.75, 3.05) is 30.8 Å². The fourth-order valence-corrected chi connectivity index (χ4v) is 2.80. The Morgan fingerprint density at radius 2 is 2.14 bits per heavy atom. The van der Waals surface area contributed by atoms with E-state index in [1.807, 2.05) is 26.1 Å². The van der Waals surface area contributed by atoms with E-state index in [4.69, 9.17) is 9.26 Å². The van der Waals surface area contributed by atoms with Crippen LogP contribution in [0.2, 0.25) is 0 Å². The van der Waals surface area contributed by atoms with Crippen LogP contribution in [0.15, 0.2) is 22.7 Å². The highest BCUT2D eigenvalue weighted by Gasteiger charge is 2.26. The van der Waals surface area contributed by atoms with Crippen molar-refractivity contribution in [3.05, 3.63) is 35.3 Å². The van der Waals surface area contributed by atoms with Gasteiger partial charge in [-0.2, -0.15) is 15.1 Å². The van der Waals surface area contributed by atoms with Crippen LogP contribution < -0.4 is 20.7 Å². The number of likely N-dealkylation sites (N-methyl/N-ethyl adjacent to an activating group) is 1. The number of H-pyrrole nitrogens is 1. The molecule has 3 aromatic rings. The molecule has 0 unspecified atom stereocenters. The molecule has 1 saturated carbocycles. The van der Waals surface area contributed by atoms with Crippen LogP contribution in [0.5, 0.6) is 5.88 Å². The molecule has 1 fully saturated rings. The molecule has 0 radical (unpaired) electrons. The van der Waals surface area contributed by atoms with Gasteiger partial charge in [-0.3, -0.25) is 5.10 Å². The number of ether oxygens (including phenoxy) is 1. The average Bonchev–Trinajstić information content (AvgIpc) is 3.29. The number of anilines is 3. The van der Waals surface area contributed by atoms with Gasteiger partial charge in [0.25, 0.3) is 0 Å². The van der Waals surface area contributed by atoms with Gasteiger partial charge in [0.1, 0.15) is 18.2 Å². The van der Waals surface area contributed by atoms with Crippen molar-refractivity contribution in [3.8, 4) is 5.88 Å². The standard InChI is InChI=1S/C19H26N8O2/c1-3-13-8-14(29-27-13)11-21-19-23-16(10-18(24-19)28-7-6-20-2)22-17-9-15(25-26-17)12-4-5-12/h8-10,12,20H,3-7,11H2,1-2H3,(H3,21,22,23,24,25,26). The summed E-state index contributed by atoms with van der Waals surface area (Å²) in [6, 6.07) is 5.71. The molecule has 0 aliphatic heterocycles. The molecule has 4 rings (SSSR count). The minimum Gasteiger partial charge on any atom is -0.476 e. The minimum atomic E-state index is 0.433. The molecule has 1 aliphatic rings. The molecule has 10 heteroatoms. The molecule has 0 bridgehead atoms. The number of aryl methyl sites for hydroxylation is 1. The van der Waals surface area contributed by atoms with Crippen molar-refractivity contribution in [2.45, 2.75) is 38.6 Å². The normalized spacial score (nSPS) is 13.4. The number of nitrogens with zero attached hydrogens (tertiary/aromatic N) is 4. The van der Waals surface area contributed by atoms with Crippen molar-refractivity contribution in [2.24, 2.45) is 0 Å². The molecule has 0 amide bonds. The van der Waals surface area contributed by atoms with E-state index in [0.717, 1.165) is 35.9 Å². The summed E-state index contributed by atoms with van der Waals surface area (Å²) in [6.07, 6.45) is 3.24. The van der Waals surface area contributed by atoms with Gasteiger partial charge in [-0.25, -0.2) is 0 Å². The Hall–Kier alpha value is -3.14. The molecule has 0 aromatic carbocycles. The van der Waals surface area contributed by atoms with Gasteiger partial charge in [-0.05, 0) is 26.3 Å². The summed E-state index contributed by atoms with van der Waals surface area (Å²) >= 11 is 0. The van der Waals surface area contributed by atoms with E-state index in [2.05, 4.69) is 41.3 Å². The third-order valence-electron chi connectivity index (χ3n) is 4.55. The summed E-state index contributed by atoms with van der Waals surface area (Å²) in [4.78, 5) is 8.96. The zero-order valence-corrected chi connectivity index (χ0v) is 16.7. The van der Waals surface area contributed by atoms with Crippen LogP contribution in [0.4, 0.5) is 17.6 Å². The molecular formula is C19H26N8O2. The molecule has 4 N–H and O–H groups in total. The first-order valence-electron chi connectivity index (χ1n) is 9.90. The quantitative estimate of drug-likeness (QED) is 0.360. The molecule has 0 saturated heterocycles. The van der Waals surface area contributed by atoms with Gasteiger partial charge in [-0.1, -0.05) is 12.1 Å². The minimum absolute atomic E-state index is 0.433. The van der Waals surface area contributed by atoms with E-state index >= 15 is 0 Å². The highest BCUT2D eigenvalue weighted by molar-refractivity contribution is 5.55. The summed E-state index contributed by atoms with van der Waals surface area (Å²) in [7, 11) is 1.88. The first-order valence-corrected chi connectivity index (χ1v) is 9.90. The molecule has 3 aromatic heterocycles. The Morgan fingerprint density at radius 3 is 2.90 bits per heavy atom. The lowest BCUT2D eigenvalue weighted by atomic mass is 10.3. The van der Waals surface area contributed by atoms with E-state index < -0.39 is 0 Å². The first kappa shape index (κ1) is 19.2. The van der Waals surface area contributed by atoms with Crippen LogP contribution in [0, 0.1) is 0 Å². The Bertz CT molecular complexity index is 934. The van der Waals surface area contributed by atoms with Gasteiger partial charge in [0.15, 0.2) is 5.76 Å². The maximum Gasteiger partial charge on any atom is 0.228 e. The number of aromatic amines is 1. The topological polar surface area (TPSA) is 126 Å². The fourth-order valence-electron chi connectivity index (χ4n) is 2.80. The van der Waals surface area contributed by atoms with Crippen LogP contribution >= 0.6 is 0 Å². The van der Waals surface area contributed by atoms with E-state index in [0.29, 0.717) is 36.7 Å². The summed E-state index contributed by atoms with van der Waals surface area (Å²) in [5.41, 5.74) is 2.00. The molecule has 3 heterocycles. The summed E-state index contributed by atoms with van der Waals surface area (Å²) in [5, 5.41) is 20.8. The number of hydrogen-bond donors (Lipinski definition) is 4. The zero-order valence-electron chi connectivity index (χ0n) is 16.7. The van der Waals surface area contributed by atoms with E-state index in [9.17, 15) is 0 Å². The van der Waals surface area contributed by atoms with Crippen molar-refractivity contribution in [1.82, 2.24) is 30.6 Å². The lowest BCUT2D eigenvalue weighted by Gasteiger charge is -2.10. The monoisotopic (exact) mass is 398 g/mol. The second-order valence-electron chi connectivity index (χ2n) is 6.96. The summed E-state index contributed by atoms with van der Waals surface area (Å²) in [6.45, 7) is 3.69. The molecule has 29 heavy (non-hydrogen) atoms. The van der Waals surface area contributed by atoms with Crippen LogP contribution in [0.1, 0.15) is 42.8 Å². The summed E-state index contributed by atoms with van der Waals surface area (Å²) < 4.78 is 11.0. The Kier molecular flexibility index (Phi) is 5.89. The van der Waals surface area contributed by atoms with Crippen LogP contribution in [-0.2, 0) is 13.0 Å².